The summed E-state index contributed by atoms with van der Waals surface area (Å²) in [6, 6.07) is 7.97. The predicted octanol–water partition coefficient (Wildman–Crippen LogP) is 3.34. The van der Waals surface area contributed by atoms with Crippen LogP contribution < -0.4 is 10.7 Å². The first-order valence-electron chi connectivity index (χ1n) is 9.55. The van der Waals surface area contributed by atoms with Crippen LogP contribution in [-0.2, 0) is 17.8 Å². The van der Waals surface area contributed by atoms with Crippen molar-refractivity contribution >= 4 is 29.0 Å². The van der Waals surface area contributed by atoms with Gasteiger partial charge in [-0.25, -0.2) is 5.43 Å². The second kappa shape index (κ2) is 8.55. The highest BCUT2D eigenvalue weighted by molar-refractivity contribution is 7.12. The maximum Gasteiger partial charge on any atom is 0.273 e. The molecule has 1 aliphatic rings. The molecule has 0 radical (unpaired) electrons. The number of thiophene rings is 1. The van der Waals surface area contributed by atoms with E-state index in [0.717, 1.165) is 35.8 Å². The number of aromatic nitrogens is 2. The SMILES string of the molecule is Cc1[nH]c(C=C2C(=O)NN=C2c2cccs2)c(C)c1CCNCc1ccncc1. The molecule has 0 saturated carbocycles. The number of hydrogen-bond donors (Lipinski definition) is 3. The molecule has 29 heavy (non-hydrogen) atoms. The summed E-state index contributed by atoms with van der Waals surface area (Å²) in [5.41, 5.74) is 9.66. The third kappa shape index (κ3) is 4.21. The minimum Gasteiger partial charge on any atom is -0.359 e. The smallest absolute Gasteiger partial charge is 0.273 e. The van der Waals surface area contributed by atoms with Crippen LogP contribution in [0.1, 0.15) is 33.0 Å². The average Bonchev–Trinajstić information content (AvgIpc) is 3.43. The van der Waals surface area contributed by atoms with Crippen molar-refractivity contribution in [3.8, 4) is 0 Å². The number of nitrogens with one attached hydrogen (secondary N) is 3. The summed E-state index contributed by atoms with van der Waals surface area (Å²) < 4.78 is 0. The van der Waals surface area contributed by atoms with Crippen molar-refractivity contribution in [1.82, 2.24) is 20.7 Å². The molecule has 0 spiro atoms. The highest BCUT2D eigenvalue weighted by Crippen LogP contribution is 2.24. The van der Waals surface area contributed by atoms with Crippen LogP contribution in [0.15, 0.2) is 52.7 Å². The summed E-state index contributed by atoms with van der Waals surface area (Å²) in [6.45, 7) is 5.88. The van der Waals surface area contributed by atoms with Crippen molar-refractivity contribution in [3.05, 3.63) is 80.6 Å². The zero-order valence-corrected chi connectivity index (χ0v) is 17.3. The molecule has 0 fully saturated rings. The molecular formula is C22H23N5OS. The van der Waals surface area contributed by atoms with Crippen LogP contribution in [0.25, 0.3) is 6.08 Å². The zero-order chi connectivity index (χ0) is 20.2. The quantitative estimate of drug-likeness (QED) is 0.416. The van der Waals surface area contributed by atoms with E-state index in [9.17, 15) is 4.79 Å². The lowest BCUT2D eigenvalue weighted by Gasteiger charge is -2.06. The van der Waals surface area contributed by atoms with Gasteiger partial charge in [-0.2, -0.15) is 5.10 Å². The average molecular weight is 406 g/mol. The molecule has 3 N–H and O–H groups in total. The second-order valence-electron chi connectivity index (χ2n) is 6.99. The summed E-state index contributed by atoms with van der Waals surface area (Å²) in [4.78, 5) is 20.8. The van der Waals surface area contributed by atoms with E-state index in [1.807, 2.05) is 48.1 Å². The third-order valence-corrected chi connectivity index (χ3v) is 5.95. The number of hydrazone groups is 1. The Morgan fingerprint density at radius 3 is 2.79 bits per heavy atom. The van der Waals surface area contributed by atoms with Gasteiger partial charge in [0.15, 0.2) is 0 Å². The summed E-state index contributed by atoms with van der Waals surface area (Å²) in [7, 11) is 0. The van der Waals surface area contributed by atoms with E-state index in [-0.39, 0.29) is 5.91 Å². The molecule has 1 aliphatic heterocycles. The first-order valence-corrected chi connectivity index (χ1v) is 10.4. The summed E-state index contributed by atoms with van der Waals surface area (Å²) in [6.07, 6.45) is 6.45. The van der Waals surface area contributed by atoms with Crippen molar-refractivity contribution in [1.29, 1.82) is 0 Å². The Morgan fingerprint density at radius 2 is 2.03 bits per heavy atom. The van der Waals surface area contributed by atoms with Gasteiger partial charge in [-0.15, -0.1) is 11.3 Å². The molecule has 0 aliphatic carbocycles. The maximum absolute atomic E-state index is 12.3. The van der Waals surface area contributed by atoms with Gasteiger partial charge in [0, 0.05) is 30.3 Å². The fourth-order valence-corrected chi connectivity index (χ4v) is 4.22. The minimum atomic E-state index is -0.166. The number of amides is 1. The standard InChI is InChI=1S/C22H23N5OS/c1-14-17(7-10-24-13-16-5-8-23-9-6-16)15(2)25-19(14)12-18-21(26-27-22(18)28)20-4-3-11-29-20/h3-6,8-9,11-12,24-25H,7,10,13H2,1-2H3,(H,27,28). The van der Waals surface area contributed by atoms with Gasteiger partial charge in [0.1, 0.15) is 5.71 Å². The molecule has 0 atom stereocenters. The van der Waals surface area contributed by atoms with Crippen LogP contribution >= 0.6 is 11.3 Å². The van der Waals surface area contributed by atoms with E-state index < -0.39 is 0 Å². The van der Waals surface area contributed by atoms with Gasteiger partial charge in [0.05, 0.1) is 10.5 Å². The molecule has 3 aromatic heterocycles. The van der Waals surface area contributed by atoms with E-state index in [0.29, 0.717) is 11.3 Å². The van der Waals surface area contributed by atoms with Crippen molar-refractivity contribution in [2.24, 2.45) is 5.10 Å². The van der Waals surface area contributed by atoms with E-state index in [1.165, 1.54) is 16.7 Å². The van der Waals surface area contributed by atoms with Crippen molar-refractivity contribution in [3.63, 3.8) is 0 Å². The molecule has 148 valence electrons. The van der Waals surface area contributed by atoms with Gasteiger partial charge >= 0.3 is 0 Å². The van der Waals surface area contributed by atoms with Gasteiger partial charge in [-0.1, -0.05) is 6.07 Å². The minimum absolute atomic E-state index is 0.166. The topological polar surface area (TPSA) is 82.2 Å². The number of carbonyl (C=O) groups is 1. The highest BCUT2D eigenvalue weighted by Gasteiger charge is 2.25. The maximum atomic E-state index is 12.3. The lowest BCUT2D eigenvalue weighted by atomic mass is 10.0. The lowest BCUT2D eigenvalue weighted by Crippen LogP contribution is -2.17. The van der Waals surface area contributed by atoms with Crippen LogP contribution in [-0.4, -0.2) is 28.1 Å². The predicted molar refractivity (Wildman–Crippen MR) is 117 cm³/mol. The number of rotatable bonds is 7. The second-order valence-corrected chi connectivity index (χ2v) is 7.93. The molecule has 1 amide bonds. The molecule has 0 aromatic carbocycles. The van der Waals surface area contributed by atoms with Crippen LogP contribution in [0.5, 0.6) is 0 Å². The Hall–Kier alpha value is -3.03. The molecule has 3 aromatic rings. The number of pyridine rings is 1. The molecular weight excluding hydrogens is 382 g/mol. The Labute approximate surface area is 173 Å². The van der Waals surface area contributed by atoms with Gasteiger partial charge in [0.2, 0.25) is 0 Å². The molecule has 6 nitrogen and oxygen atoms in total. The zero-order valence-electron chi connectivity index (χ0n) is 16.5. The number of nitrogens with zero attached hydrogens (tertiary/aromatic N) is 2. The van der Waals surface area contributed by atoms with Crippen molar-refractivity contribution in [2.45, 2.75) is 26.8 Å². The number of H-pyrrole nitrogens is 1. The lowest BCUT2D eigenvalue weighted by molar-refractivity contribution is -0.116. The number of carbonyl (C=O) groups excluding carboxylic acids is 1. The summed E-state index contributed by atoms with van der Waals surface area (Å²) in [5.74, 6) is -0.166. The number of hydrogen-bond acceptors (Lipinski definition) is 5. The summed E-state index contributed by atoms with van der Waals surface area (Å²) >= 11 is 1.57. The van der Waals surface area contributed by atoms with Crippen LogP contribution in [0.3, 0.4) is 0 Å². The third-order valence-electron chi connectivity index (χ3n) is 5.07. The van der Waals surface area contributed by atoms with Gasteiger partial charge in [-0.3, -0.25) is 9.78 Å². The Balaban J connectivity index is 1.47. The fourth-order valence-electron chi connectivity index (χ4n) is 3.50. The van der Waals surface area contributed by atoms with E-state index in [4.69, 9.17) is 0 Å². The highest BCUT2D eigenvalue weighted by atomic mass is 32.1. The van der Waals surface area contributed by atoms with Gasteiger partial charge < -0.3 is 10.3 Å². The molecule has 7 heteroatoms. The fraction of sp³-hybridized carbons (Fsp3) is 0.227. The Morgan fingerprint density at radius 1 is 1.21 bits per heavy atom. The number of aromatic amines is 1. The first-order chi connectivity index (χ1) is 14.1. The molecule has 4 rings (SSSR count). The van der Waals surface area contributed by atoms with E-state index >= 15 is 0 Å². The normalized spacial score (nSPS) is 15.0. The van der Waals surface area contributed by atoms with Crippen molar-refractivity contribution < 1.29 is 4.79 Å². The molecule has 0 bridgehead atoms. The Kier molecular flexibility index (Phi) is 5.69. The van der Waals surface area contributed by atoms with E-state index in [2.05, 4.69) is 39.7 Å². The first kappa shape index (κ1) is 19.3. The monoisotopic (exact) mass is 405 g/mol. The molecule has 0 unspecified atom stereocenters. The van der Waals surface area contributed by atoms with Gasteiger partial charge in [-0.05, 0) is 73.2 Å². The Bertz CT molecular complexity index is 1060. The van der Waals surface area contributed by atoms with Crippen LogP contribution in [0, 0.1) is 13.8 Å². The van der Waals surface area contributed by atoms with E-state index in [1.54, 1.807) is 11.3 Å². The molecule has 4 heterocycles. The van der Waals surface area contributed by atoms with Crippen LogP contribution in [0.2, 0.25) is 0 Å². The van der Waals surface area contributed by atoms with Crippen molar-refractivity contribution in [2.75, 3.05) is 6.54 Å². The molecule has 0 saturated heterocycles. The van der Waals surface area contributed by atoms with Gasteiger partial charge in [0.25, 0.3) is 5.91 Å². The largest absolute Gasteiger partial charge is 0.359 e. The number of aryl methyl sites for hydroxylation is 1. The van der Waals surface area contributed by atoms with Crippen LogP contribution in [0.4, 0.5) is 0 Å². The summed E-state index contributed by atoms with van der Waals surface area (Å²) in [5, 5.41) is 9.68.